The van der Waals surface area contributed by atoms with Gasteiger partial charge in [-0.25, -0.2) is 0 Å². The van der Waals surface area contributed by atoms with Gasteiger partial charge in [0.2, 0.25) is 0 Å². The van der Waals surface area contributed by atoms with Crippen LogP contribution in [0.1, 0.15) is 25.7 Å². The lowest BCUT2D eigenvalue weighted by Crippen LogP contribution is -2.11. The molecule has 0 aromatic carbocycles. The second-order valence-electron chi connectivity index (χ2n) is 3.12. The first kappa shape index (κ1) is 35.6. The van der Waals surface area contributed by atoms with E-state index in [4.69, 9.17) is 68.9 Å². The van der Waals surface area contributed by atoms with Gasteiger partial charge in [-0.1, -0.05) is 25.7 Å². The van der Waals surface area contributed by atoms with Crippen LogP contribution in [0.4, 0.5) is 0 Å². The lowest BCUT2D eigenvalue weighted by molar-refractivity contribution is 0.403. The molecule has 154 valence electrons. The zero-order chi connectivity index (χ0) is 20.6. The summed E-state index contributed by atoms with van der Waals surface area (Å²) in [6.45, 7) is 1.19. The van der Waals surface area contributed by atoms with Gasteiger partial charge in [0.1, 0.15) is 0 Å². The summed E-state index contributed by atoms with van der Waals surface area (Å²) in [4.78, 5) is 57.3. The Balaban J connectivity index is -0.0000000602. The van der Waals surface area contributed by atoms with E-state index in [9.17, 15) is 0 Å². The Morgan fingerprint density at radius 2 is 0.583 bits per heavy atom. The van der Waals surface area contributed by atoms with Crippen molar-refractivity contribution in [1.29, 1.82) is 0 Å². The van der Waals surface area contributed by atoms with Crippen LogP contribution in [0, 0.1) is 0 Å². The zero-order valence-electron chi connectivity index (χ0n) is 12.6. The van der Waals surface area contributed by atoms with Crippen molar-refractivity contribution in [2.45, 2.75) is 25.7 Å². The maximum absolute atomic E-state index is 8.74. The fraction of sp³-hybridized carbons (Fsp3) is 1.00. The number of nitrogens with two attached hydrogens (primary N) is 2. The first-order valence-corrected chi connectivity index (χ1v) is 11.1. The highest BCUT2D eigenvalue weighted by Gasteiger charge is 1.95. The molecule has 0 radical (unpaired) electrons. The van der Waals surface area contributed by atoms with Crippen LogP contribution in [0.15, 0.2) is 0 Å². The molecule has 0 aromatic rings. The Hall–Kier alpha value is 0.520. The molecule has 1 rings (SSSR count). The maximum atomic E-state index is 8.74. The molecule has 18 heteroatoms. The van der Waals surface area contributed by atoms with Gasteiger partial charge in [-0.15, -0.1) is 0 Å². The highest BCUT2D eigenvalue weighted by molar-refractivity contribution is 7.31. The van der Waals surface area contributed by atoms with Crippen LogP contribution in [-0.2, 0) is 18.3 Å². The minimum absolute atomic E-state index is 0.597. The molecule has 1 fully saturated rings. The van der Waals surface area contributed by atoms with E-state index in [1.807, 2.05) is 0 Å². The van der Waals surface area contributed by atoms with E-state index in [2.05, 4.69) is 0 Å². The zero-order valence-corrected chi connectivity index (χ0v) is 16.6. The van der Waals surface area contributed by atoms with E-state index in [0.717, 1.165) is 0 Å². The molecule has 0 bridgehead atoms. The number of hydrogen-bond acceptors (Lipinski definition) is 6. The summed E-state index contributed by atoms with van der Waals surface area (Å²) in [5, 5.41) is 0. The first-order chi connectivity index (χ1) is 10.8. The Morgan fingerprint density at radius 3 is 0.583 bits per heavy atom. The van der Waals surface area contributed by atoms with Gasteiger partial charge in [0.15, 0.2) is 0 Å². The molecule has 0 unspecified atom stereocenters. The van der Waals surface area contributed by atoms with Crippen LogP contribution in [-0.4, -0.2) is 52.2 Å². The van der Waals surface area contributed by atoms with Crippen LogP contribution in [0.25, 0.3) is 0 Å². The van der Waals surface area contributed by atoms with Crippen LogP contribution in [0.5, 0.6) is 0 Å². The molecule has 0 saturated heterocycles. The summed E-state index contributed by atoms with van der Waals surface area (Å²) < 4.78 is 35.0. The van der Waals surface area contributed by atoms with Crippen LogP contribution in [0.3, 0.4) is 0 Å². The predicted molar refractivity (Wildman–Crippen MR) is 90.3 cm³/mol. The van der Waals surface area contributed by atoms with Crippen molar-refractivity contribution in [3.63, 3.8) is 0 Å². The molecule has 12 N–H and O–H groups in total. The summed E-state index contributed by atoms with van der Waals surface area (Å²) in [6.07, 6.45) is 6.00. The Labute approximate surface area is 141 Å². The highest BCUT2D eigenvalue weighted by Crippen LogP contribution is 2.15. The van der Waals surface area contributed by atoms with Gasteiger partial charge in [-0.3, -0.25) is 18.3 Å². The monoisotopic (exact) mass is 444 g/mol. The summed E-state index contributed by atoms with van der Waals surface area (Å²) in [5.41, 5.74) is 9.81. The van der Waals surface area contributed by atoms with E-state index < -0.39 is 33.0 Å². The third kappa shape index (κ3) is 342. The second kappa shape index (κ2) is 34.8. The molecular formula is C6H28N2O12P4. The fourth-order valence-corrected chi connectivity index (χ4v) is 0.250. The van der Waals surface area contributed by atoms with Gasteiger partial charge in [0, 0.05) is 13.1 Å². The van der Waals surface area contributed by atoms with E-state index in [1.165, 1.54) is 25.7 Å². The average molecular weight is 444 g/mol. The Kier molecular flexibility index (Phi) is 51.6. The van der Waals surface area contributed by atoms with Crippen molar-refractivity contribution >= 4 is 33.0 Å². The Bertz CT molecular complexity index is 246. The first-order valence-electron chi connectivity index (χ1n) is 5.92. The topological polar surface area (TPSA) is 282 Å². The molecule has 0 atom stereocenters. The van der Waals surface area contributed by atoms with Crippen molar-refractivity contribution in [2.24, 2.45) is 11.5 Å². The van der Waals surface area contributed by atoms with Gasteiger partial charge < -0.3 is 50.6 Å². The molecule has 0 heterocycles. The highest BCUT2D eigenvalue weighted by atomic mass is 31.1. The number of hydrogen-bond donors (Lipinski definition) is 10. The second-order valence-corrected chi connectivity index (χ2v) is 5.38. The van der Waals surface area contributed by atoms with Gasteiger partial charge in [-0.2, -0.15) is 0 Å². The van der Waals surface area contributed by atoms with E-state index in [-0.39, 0.29) is 0 Å². The summed E-state index contributed by atoms with van der Waals surface area (Å²) >= 11 is 0. The van der Waals surface area contributed by atoms with Crippen molar-refractivity contribution in [1.82, 2.24) is 0 Å². The van der Waals surface area contributed by atoms with E-state index in [1.54, 1.807) is 0 Å². The molecule has 0 amide bonds. The van der Waals surface area contributed by atoms with E-state index in [0.29, 0.717) is 13.1 Å². The molecule has 0 aliphatic heterocycles. The van der Waals surface area contributed by atoms with Crippen molar-refractivity contribution in [3.05, 3.63) is 0 Å². The standard InChI is InChI=1S/C4H8.C2H8N2.4H3O3P/c1-2-4-3-1;3-1-2-4;4*1-4(2)3/h2*1-4H2;4*4H,(H2,1,2,3). The average Bonchev–Trinajstić information content (AvgIpc) is 2.22. The minimum Gasteiger partial charge on any atom is -0.329 e. The SMILES string of the molecule is C1CCC1.NCCN.O=[PH](O)O.O=[PH](O)O.O=[PH](O)O.O=[PH](O)O. The third-order valence-corrected chi connectivity index (χ3v) is 1.17. The molecular weight excluding hydrogens is 416 g/mol. The summed E-state index contributed by atoms with van der Waals surface area (Å²) in [5.74, 6) is 0. The molecule has 0 spiro atoms. The molecule has 0 aromatic heterocycles. The van der Waals surface area contributed by atoms with Crippen LogP contribution < -0.4 is 11.5 Å². The third-order valence-electron chi connectivity index (χ3n) is 1.17. The molecule has 1 aliphatic rings. The maximum Gasteiger partial charge on any atom is 0.314 e. The lowest BCUT2D eigenvalue weighted by atomic mass is 10.0. The molecule has 1 aliphatic carbocycles. The van der Waals surface area contributed by atoms with Crippen molar-refractivity contribution in [2.75, 3.05) is 13.1 Å². The van der Waals surface area contributed by atoms with Crippen LogP contribution in [0.2, 0.25) is 0 Å². The normalized spacial score (nSPS) is 11.1. The van der Waals surface area contributed by atoms with Crippen LogP contribution >= 0.6 is 33.0 Å². The summed E-state index contributed by atoms with van der Waals surface area (Å²) in [7, 11) is -12.5. The van der Waals surface area contributed by atoms with Gasteiger partial charge in [0.05, 0.1) is 0 Å². The van der Waals surface area contributed by atoms with Gasteiger partial charge >= 0.3 is 33.0 Å². The minimum atomic E-state index is -3.13. The smallest absolute Gasteiger partial charge is 0.314 e. The van der Waals surface area contributed by atoms with Gasteiger partial charge in [0.25, 0.3) is 0 Å². The Morgan fingerprint density at radius 1 is 0.500 bits per heavy atom. The quantitative estimate of drug-likeness (QED) is 0.194. The summed E-state index contributed by atoms with van der Waals surface area (Å²) in [6, 6.07) is 0. The molecule has 14 nitrogen and oxygen atoms in total. The largest absolute Gasteiger partial charge is 0.329 e. The van der Waals surface area contributed by atoms with Crippen molar-refractivity contribution < 1.29 is 57.4 Å². The fourth-order valence-electron chi connectivity index (χ4n) is 0.250. The van der Waals surface area contributed by atoms with Gasteiger partial charge in [-0.05, 0) is 0 Å². The van der Waals surface area contributed by atoms with E-state index >= 15 is 0 Å². The lowest BCUT2D eigenvalue weighted by Gasteiger charge is -2.05. The molecule has 1 saturated carbocycles. The predicted octanol–water partition coefficient (Wildman–Crippen LogP) is -2.09. The number of rotatable bonds is 1. The molecule has 24 heavy (non-hydrogen) atoms. The van der Waals surface area contributed by atoms with Crippen molar-refractivity contribution in [3.8, 4) is 0 Å².